The zero-order valence-corrected chi connectivity index (χ0v) is 16.4. The molecule has 0 aliphatic carbocycles. The molecule has 1 N–H and O–H groups in total. The molecule has 1 aromatic heterocycles. The van der Waals surface area contributed by atoms with Crippen molar-refractivity contribution >= 4 is 17.5 Å². The fourth-order valence-corrected chi connectivity index (χ4v) is 3.35. The summed E-state index contributed by atoms with van der Waals surface area (Å²) in [6, 6.07) is 9.02. The summed E-state index contributed by atoms with van der Waals surface area (Å²) in [7, 11) is 0. The minimum absolute atomic E-state index is 0.0338. The summed E-state index contributed by atoms with van der Waals surface area (Å²) in [4.78, 5) is 27.3. The second-order valence-electron chi connectivity index (χ2n) is 7.31. The number of amides is 2. The lowest BCUT2D eigenvalue weighted by Gasteiger charge is -2.26. The molecule has 1 aliphatic heterocycles. The Balaban J connectivity index is 1.76. The number of benzene rings is 1. The highest BCUT2D eigenvalue weighted by atomic mass is 16.2. The highest BCUT2D eigenvalue weighted by molar-refractivity contribution is 6.04. The molecule has 0 atom stereocenters. The molecule has 0 saturated carbocycles. The Labute approximate surface area is 160 Å². The Morgan fingerprint density at radius 1 is 1.15 bits per heavy atom. The van der Waals surface area contributed by atoms with Gasteiger partial charge in [0, 0.05) is 30.9 Å². The van der Waals surface area contributed by atoms with E-state index in [1.807, 2.05) is 24.0 Å². The maximum Gasteiger partial charge on any atom is 0.273 e. The van der Waals surface area contributed by atoms with Gasteiger partial charge in [-0.3, -0.25) is 14.3 Å². The molecule has 6 heteroatoms. The molecule has 0 radical (unpaired) electrons. The van der Waals surface area contributed by atoms with Crippen LogP contribution >= 0.6 is 0 Å². The summed E-state index contributed by atoms with van der Waals surface area (Å²) in [6.45, 7) is 8.32. The number of carbonyl (C=O) groups is 2. The Hall–Kier alpha value is -2.63. The number of likely N-dealkylation sites (tertiary alicyclic amines) is 1. The number of hydrogen-bond acceptors (Lipinski definition) is 3. The van der Waals surface area contributed by atoms with Gasteiger partial charge in [0.05, 0.1) is 5.69 Å². The van der Waals surface area contributed by atoms with E-state index in [2.05, 4.69) is 24.3 Å². The second-order valence-corrected chi connectivity index (χ2v) is 7.31. The fraction of sp³-hybridized carbons (Fsp3) is 0.476. The van der Waals surface area contributed by atoms with E-state index >= 15 is 0 Å². The number of anilines is 1. The Morgan fingerprint density at radius 3 is 2.56 bits per heavy atom. The van der Waals surface area contributed by atoms with Crippen molar-refractivity contribution in [3.8, 4) is 0 Å². The van der Waals surface area contributed by atoms with E-state index in [1.165, 1.54) is 6.42 Å². The SMILES string of the molecule is CCn1nc(C(C)C)cc1C(=O)Nc1cccc(C(=O)N2CCCCC2)c1. The molecule has 0 bridgehead atoms. The predicted octanol–water partition coefficient (Wildman–Crippen LogP) is 3.90. The monoisotopic (exact) mass is 368 g/mol. The molecular formula is C21H28N4O2. The number of hydrogen-bond donors (Lipinski definition) is 1. The smallest absolute Gasteiger partial charge is 0.273 e. The third-order valence-corrected chi connectivity index (χ3v) is 4.93. The second kappa shape index (κ2) is 8.37. The topological polar surface area (TPSA) is 67.2 Å². The quantitative estimate of drug-likeness (QED) is 0.870. The summed E-state index contributed by atoms with van der Waals surface area (Å²) < 4.78 is 1.72. The zero-order chi connectivity index (χ0) is 19.4. The van der Waals surface area contributed by atoms with Gasteiger partial charge in [0.15, 0.2) is 0 Å². The van der Waals surface area contributed by atoms with E-state index in [-0.39, 0.29) is 17.7 Å². The van der Waals surface area contributed by atoms with Crippen LogP contribution < -0.4 is 5.32 Å². The van der Waals surface area contributed by atoms with Crippen LogP contribution in [0.4, 0.5) is 5.69 Å². The standard InChI is InChI=1S/C21H28N4O2/c1-4-25-19(14-18(23-25)15(2)3)20(26)22-17-10-8-9-16(13-17)21(27)24-11-6-5-7-12-24/h8-10,13-15H,4-7,11-12H2,1-3H3,(H,22,26). The normalized spacial score (nSPS) is 14.4. The molecular weight excluding hydrogens is 340 g/mol. The van der Waals surface area contributed by atoms with E-state index in [9.17, 15) is 9.59 Å². The van der Waals surface area contributed by atoms with Crippen LogP contribution in [0.15, 0.2) is 30.3 Å². The van der Waals surface area contributed by atoms with Crippen molar-refractivity contribution in [2.24, 2.45) is 0 Å². The minimum Gasteiger partial charge on any atom is -0.339 e. The highest BCUT2D eigenvalue weighted by Gasteiger charge is 2.20. The van der Waals surface area contributed by atoms with Crippen molar-refractivity contribution in [3.63, 3.8) is 0 Å². The molecule has 1 saturated heterocycles. The number of nitrogens with zero attached hydrogens (tertiary/aromatic N) is 3. The molecule has 0 spiro atoms. The first-order chi connectivity index (χ1) is 13.0. The number of piperidine rings is 1. The number of aromatic nitrogens is 2. The van der Waals surface area contributed by atoms with Gasteiger partial charge in [-0.05, 0) is 56.4 Å². The van der Waals surface area contributed by atoms with Gasteiger partial charge in [-0.1, -0.05) is 19.9 Å². The molecule has 2 aromatic rings. The van der Waals surface area contributed by atoms with Gasteiger partial charge >= 0.3 is 0 Å². The van der Waals surface area contributed by atoms with Crippen LogP contribution in [0.3, 0.4) is 0 Å². The van der Waals surface area contributed by atoms with Crippen molar-refractivity contribution in [2.45, 2.75) is 52.5 Å². The minimum atomic E-state index is -0.209. The summed E-state index contributed by atoms with van der Waals surface area (Å²) in [6.07, 6.45) is 3.30. The third kappa shape index (κ3) is 4.38. The summed E-state index contributed by atoms with van der Waals surface area (Å²) in [5.41, 5.74) is 2.67. The first kappa shape index (κ1) is 19.1. The molecule has 1 fully saturated rings. The predicted molar refractivity (Wildman–Crippen MR) is 106 cm³/mol. The van der Waals surface area contributed by atoms with Crippen LogP contribution in [0.2, 0.25) is 0 Å². The first-order valence-corrected chi connectivity index (χ1v) is 9.78. The maximum absolute atomic E-state index is 12.7. The van der Waals surface area contributed by atoms with Gasteiger partial charge in [-0.2, -0.15) is 5.10 Å². The van der Waals surface area contributed by atoms with Crippen molar-refractivity contribution < 1.29 is 9.59 Å². The van der Waals surface area contributed by atoms with Crippen LogP contribution in [0.5, 0.6) is 0 Å². The van der Waals surface area contributed by atoms with Gasteiger partial charge < -0.3 is 10.2 Å². The summed E-state index contributed by atoms with van der Waals surface area (Å²) >= 11 is 0. The van der Waals surface area contributed by atoms with Crippen LogP contribution in [-0.2, 0) is 6.54 Å². The van der Waals surface area contributed by atoms with Gasteiger partial charge in [-0.25, -0.2) is 0 Å². The molecule has 0 unspecified atom stereocenters. The summed E-state index contributed by atoms with van der Waals surface area (Å²) in [5.74, 6) is 0.0835. The Morgan fingerprint density at radius 2 is 1.89 bits per heavy atom. The van der Waals surface area contributed by atoms with Crippen LogP contribution in [0.25, 0.3) is 0 Å². The van der Waals surface area contributed by atoms with E-state index in [1.54, 1.807) is 22.9 Å². The molecule has 1 aliphatic rings. The molecule has 2 amide bonds. The van der Waals surface area contributed by atoms with Crippen LogP contribution in [-0.4, -0.2) is 39.6 Å². The zero-order valence-electron chi connectivity index (χ0n) is 16.4. The molecule has 3 rings (SSSR count). The number of carbonyl (C=O) groups excluding carboxylic acids is 2. The number of nitrogens with one attached hydrogen (secondary N) is 1. The van der Waals surface area contributed by atoms with Crippen molar-refractivity contribution in [1.82, 2.24) is 14.7 Å². The van der Waals surface area contributed by atoms with E-state index in [0.29, 0.717) is 23.5 Å². The maximum atomic E-state index is 12.7. The van der Waals surface area contributed by atoms with Crippen LogP contribution in [0, 0.1) is 0 Å². The number of aryl methyl sites for hydroxylation is 1. The summed E-state index contributed by atoms with van der Waals surface area (Å²) in [5, 5.41) is 7.41. The average molecular weight is 368 g/mol. The molecule has 1 aromatic carbocycles. The first-order valence-electron chi connectivity index (χ1n) is 9.78. The largest absolute Gasteiger partial charge is 0.339 e. The van der Waals surface area contributed by atoms with Crippen LogP contribution in [0.1, 0.15) is 72.5 Å². The fourth-order valence-electron chi connectivity index (χ4n) is 3.35. The lowest BCUT2D eigenvalue weighted by Crippen LogP contribution is -2.35. The number of rotatable bonds is 5. The molecule has 27 heavy (non-hydrogen) atoms. The average Bonchev–Trinajstić information content (AvgIpc) is 3.13. The third-order valence-electron chi connectivity index (χ3n) is 4.93. The Bertz CT molecular complexity index is 819. The Kier molecular flexibility index (Phi) is 5.94. The highest BCUT2D eigenvalue weighted by Crippen LogP contribution is 2.19. The van der Waals surface area contributed by atoms with Gasteiger partial charge in [0.2, 0.25) is 0 Å². The van der Waals surface area contributed by atoms with E-state index in [0.717, 1.165) is 31.6 Å². The van der Waals surface area contributed by atoms with Crippen molar-refractivity contribution in [1.29, 1.82) is 0 Å². The van der Waals surface area contributed by atoms with E-state index < -0.39 is 0 Å². The molecule has 2 heterocycles. The van der Waals surface area contributed by atoms with Gasteiger partial charge in [0.25, 0.3) is 11.8 Å². The molecule has 6 nitrogen and oxygen atoms in total. The van der Waals surface area contributed by atoms with Gasteiger partial charge in [-0.15, -0.1) is 0 Å². The lowest BCUT2D eigenvalue weighted by molar-refractivity contribution is 0.0724. The van der Waals surface area contributed by atoms with Crippen molar-refractivity contribution in [3.05, 3.63) is 47.3 Å². The van der Waals surface area contributed by atoms with E-state index in [4.69, 9.17) is 0 Å². The molecule has 144 valence electrons. The van der Waals surface area contributed by atoms with Crippen molar-refractivity contribution in [2.75, 3.05) is 18.4 Å². The van der Waals surface area contributed by atoms with Gasteiger partial charge in [0.1, 0.15) is 5.69 Å². The lowest BCUT2D eigenvalue weighted by atomic mass is 10.1.